The Kier molecular flexibility index (Phi) is 6.26. The number of nitrogens with zero attached hydrogens (tertiary/aromatic N) is 4. The van der Waals surface area contributed by atoms with Crippen molar-refractivity contribution in [2.75, 3.05) is 36.0 Å². The van der Waals surface area contributed by atoms with Crippen molar-refractivity contribution in [1.82, 2.24) is 20.4 Å². The van der Waals surface area contributed by atoms with Gasteiger partial charge in [-0.2, -0.15) is 10.2 Å². The minimum absolute atomic E-state index is 0.630. The number of H-pyrrole nitrogens is 2. The minimum Gasteiger partial charge on any atom is -0.369 e. The second-order valence-electron chi connectivity index (χ2n) is 10.1. The Morgan fingerprint density at radius 1 is 0.800 bits per heavy atom. The number of rotatable bonds is 6. The summed E-state index contributed by atoms with van der Waals surface area (Å²) in [5.74, 6) is 2.54. The Morgan fingerprint density at radius 2 is 1.60 bits per heavy atom. The predicted molar refractivity (Wildman–Crippen MR) is 142 cm³/mol. The number of benzene rings is 2. The number of hydrogen-bond donors (Lipinski definition) is 2. The molecule has 6 nitrogen and oxygen atoms in total. The molecular weight excluding hydrogens is 432 g/mol. The topological polar surface area (TPSA) is 63.8 Å². The molecule has 4 heterocycles. The Hall–Kier alpha value is -3.54. The van der Waals surface area contributed by atoms with Crippen LogP contribution in [0.2, 0.25) is 0 Å². The first-order valence-electron chi connectivity index (χ1n) is 13.0. The van der Waals surface area contributed by atoms with Crippen LogP contribution in [0.4, 0.5) is 11.5 Å². The smallest absolute Gasteiger partial charge is 0.123 e. The van der Waals surface area contributed by atoms with E-state index in [0.717, 1.165) is 37.9 Å². The Labute approximate surface area is 207 Å². The third-order valence-electron chi connectivity index (χ3n) is 7.95. The zero-order chi connectivity index (χ0) is 23.5. The quantitative estimate of drug-likeness (QED) is 0.386. The number of aromatic amines is 2. The van der Waals surface area contributed by atoms with Crippen LogP contribution in [0.5, 0.6) is 0 Å². The summed E-state index contributed by atoms with van der Waals surface area (Å²) >= 11 is 0. The van der Waals surface area contributed by atoms with Crippen molar-refractivity contribution in [3.8, 4) is 11.1 Å². The van der Waals surface area contributed by atoms with Crippen LogP contribution in [0.15, 0.2) is 73.2 Å². The molecule has 0 amide bonds. The third kappa shape index (κ3) is 4.97. The first kappa shape index (κ1) is 22.0. The van der Waals surface area contributed by atoms with E-state index in [2.05, 4.69) is 84.8 Å². The zero-order valence-electron chi connectivity index (χ0n) is 20.2. The fourth-order valence-electron chi connectivity index (χ4n) is 5.83. The molecule has 0 bridgehead atoms. The number of anilines is 2. The van der Waals surface area contributed by atoms with Crippen molar-refractivity contribution in [3.05, 3.63) is 84.3 Å². The highest BCUT2D eigenvalue weighted by Gasteiger charge is 2.22. The van der Waals surface area contributed by atoms with Gasteiger partial charge in [0, 0.05) is 38.4 Å². The fourth-order valence-corrected chi connectivity index (χ4v) is 5.83. The van der Waals surface area contributed by atoms with Gasteiger partial charge in [0.2, 0.25) is 0 Å². The van der Waals surface area contributed by atoms with Crippen molar-refractivity contribution in [2.24, 2.45) is 5.92 Å². The third-order valence-corrected chi connectivity index (χ3v) is 7.95. The van der Waals surface area contributed by atoms with E-state index < -0.39 is 0 Å². The highest BCUT2D eigenvalue weighted by atomic mass is 15.3. The van der Waals surface area contributed by atoms with Crippen LogP contribution in [0.25, 0.3) is 11.1 Å². The summed E-state index contributed by atoms with van der Waals surface area (Å²) in [5.41, 5.74) is 6.79. The molecule has 2 saturated heterocycles. The van der Waals surface area contributed by atoms with Crippen LogP contribution in [0.3, 0.4) is 0 Å². The molecule has 2 N–H and O–H groups in total. The van der Waals surface area contributed by atoms with Crippen LogP contribution in [0, 0.1) is 5.92 Å². The van der Waals surface area contributed by atoms with E-state index in [1.54, 1.807) is 0 Å². The van der Waals surface area contributed by atoms with Crippen molar-refractivity contribution in [2.45, 2.75) is 38.0 Å². The van der Waals surface area contributed by atoms with Crippen LogP contribution >= 0.6 is 0 Å². The summed E-state index contributed by atoms with van der Waals surface area (Å²) in [4.78, 5) is 4.85. The molecule has 35 heavy (non-hydrogen) atoms. The van der Waals surface area contributed by atoms with Gasteiger partial charge in [0.15, 0.2) is 0 Å². The van der Waals surface area contributed by atoms with Gasteiger partial charge in [0.25, 0.3) is 0 Å². The Morgan fingerprint density at radius 3 is 2.31 bits per heavy atom. The van der Waals surface area contributed by atoms with Crippen molar-refractivity contribution >= 4 is 11.5 Å². The zero-order valence-corrected chi connectivity index (χ0v) is 20.2. The van der Waals surface area contributed by atoms with Gasteiger partial charge in [-0.1, -0.05) is 48.5 Å². The molecule has 6 heteroatoms. The Balaban J connectivity index is 1.05. The SMILES string of the molecule is c1cc(-c2ccc(CC3CCN(c4ccn[nH]4)CC3)cc2)cc(C2CCN(c3cn[nH]c3)CC2)c1. The molecule has 0 atom stereocenters. The highest BCUT2D eigenvalue weighted by molar-refractivity contribution is 5.64. The summed E-state index contributed by atoms with van der Waals surface area (Å²) in [6.45, 7) is 4.39. The molecule has 0 saturated carbocycles. The molecule has 180 valence electrons. The van der Waals surface area contributed by atoms with E-state index in [1.807, 2.05) is 18.6 Å². The van der Waals surface area contributed by atoms with Gasteiger partial charge in [-0.15, -0.1) is 0 Å². The molecule has 2 aliphatic heterocycles. The van der Waals surface area contributed by atoms with Gasteiger partial charge in [-0.3, -0.25) is 10.2 Å². The highest BCUT2D eigenvalue weighted by Crippen LogP contribution is 2.33. The number of piperidine rings is 2. The van der Waals surface area contributed by atoms with Gasteiger partial charge in [0.05, 0.1) is 18.1 Å². The molecule has 2 fully saturated rings. The first-order valence-corrected chi connectivity index (χ1v) is 13.0. The van der Waals surface area contributed by atoms with Crippen LogP contribution in [-0.4, -0.2) is 46.6 Å². The van der Waals surface area contributed by atoms with Crippen LogP contribution in [0.1, 0.15) is 42.7 Å². The average molecular weight is 467 g/mol. The van der Waals surface area contributed by atoms with Crippen molar-refractivity contribution in [3.63, 3.8) is 0 Å². The molecule has 2 aromatic carbocycles. The lowest BCUT2D eigenvalue weighted by Crippen LogP contribution is -2.34. The van der Waals surface area contributed by atoms with E-state index in [-0.39, 0.29) is 0 Å². The van der Waals surface area contributed by atoms with Crippen molar-refractivity contribution in [1.29, 1.82) is 0 Å². The molecule has 0 spiro atoms. The first-order chi connectivity index (χ1) is 17.3. The number of nitrogens with one attached hydrogen (secondary N) is 2. The van der Waals surface area contributed by atoms with Gasteiger partial charge in [-0.25, -0.2) is 0 Å². The van der Waals surface area contributed by atoms with E-state index in [0.29, 0.717) is 5.92 Å². The largest absolute Gasteiger partial charge is 0.369 e. The Bertz CT molecular complexity index is 1180. The summed E-state index contributed by atoms with van der Waals surface area (Å²) < 4.78 is 0. The fraction of sp³-hybridized carbons (Fsp3) is 0.379. The van der Waals surface area contributed by atoms with E-state index in [1.165, 1.54) is 60.0 Å². The maximum Gasteiger partial charge on any atom is 0.123 e. The maximum atomic E-state index is 4.10. The van der Waals surface area contributed by atoms with Gasteiger partial charge < -0.3 is 9.80 Å². The average Bonchev–Trinajstić information content (AvgIpc) is 3.65. The maximum absolute atomic E-state index is 4.10. The van der Waals surface area contributed by atoms with Gasteiger partial charge >= 0.3 is 0 Å². The lowest BCUT2D eigenvalue weighted by molar-refractivity contribution is 0.402. The van der Waals surface area contributed by atoms with Gasteiger partial charge in [-0.05, 0) is 66.2 Å². The summed E-state index contributed by atoms with van der Waals surface area (Å²) in [6.07, 6.45) is 11.8. The summed E-state index contributed by atoms with van der Waals surface area (Å²) in [6, 6.07) is 20.6. The minimum atomic E-state index is 0.630. The standard InChI is InChI=1S/C29H34N6/c1-2-26(19-27(3-1)25-11-16-34(17-12-25)28-20-31-32-21-28)24-6-4-22(5-7-24)18-23-9-14-35(15-10-23)29-8-13-30-33-29/h1-8,13,19-21,23,25H,9-12,14-18H2,(H,30,33)(H,31,32). The summed E-state index contributed by atoms with van der Waals surface area (Å²) in [7, 11) is 0. The number of hydrogen-bond acceptors (Lipinski definition) is 4. The van der Waals surface area contributed by atoms with Crippen LogP contribution < -0.4 is 9.80 Å². The normalized spacial score (nSPS) is 17.7. The molecule has 6 rings (SSSR count). The van der Waals surface area contributed by atoms with E-state index in [4.69, 9.17) is 0 Å². The van der Waals surface area contributed by atoms with E-state index in [9.17, 15) is 0 Å². The molecule has 4 aromatic rings. The van der Waals surface area contributed by atoms with Gasteiger partial charge in [0.1, 0.15) is 5.82 Å². The molecule has 0 unspecified atom stereocenters. The lowest BCUT2D eigenvalue weighted by atomic mass is 9.87. The molecule has 0 aliphatic carbocycles. The second kappa shape index (κ2) is 9.98. The summed E-state index contributed by atoms with van der Waals surface area (Å²) in [5, 5.41) is 14.2. The predicted octanol–water partition coefficient (Wildman–Crippen LogP) is 5.64. The molecular formula is C29H34N6. The lowest BCUT2D eigenvalue weighted by Gasteiger charge is -2.33. The monoisotopic (exact) mass is 466 g/mol. The number of aromatic nitrogens is 4. The second-order valence-corrected chi connectivity index (χ2v) is 10.1. The van der Waals surface area contributed by atoms with Crippen molar-refractivity contribution < 1.29 is 0 Å². The molecule has 2 aliphatic rings. The van der Waals surface area contributed by atoms with E-state index >= 15 is 0 Å². The molecule has 0 radical (unpaired) electrons. The van der Waals surface area contributed by atoms with Crippen LogP contribution in [-0.2, 0) is 6.42 Å². The molecule has 2 aromatic heterocycles.